The molecule has 0 saturated carbocycles. The maximum atomic E-state index is 13.9. The third kappa shape index (κ3) is 2.66. The third-order valence-electron chi connectivity index (χ3n) is 3.01. The molecule has 3 aromatic rings. The highest BCUT2D eigenvalue weighted by molar-refractivity contribution is 7.71. The van der Waals surface area contributed by atoms with Crippen LogP contribution in [0.5, 0.6) is 5.75 Å². The van der Waals surface area contributed by atoms with Crippen LogP contribution in [-0.4, -0.2) is 26.2 Å². The quantitative estimate of drug-likeness (QED) is 0.575. The Balaban J connectivity index is 2.06. The largest absolute Gasteiger partial charge is 0.507 e. The predicted octanol–water partition coefficient (Wildman–Crippen LogP) is 3.33. The van der Waals surface area contributed by atoms with E-state index >= 15 is 0 Å². The van der Waals surface area contributed by atoms with Crippen LogP contribution in [0.3, 0.4) is 0 Å². The molecule has 0 unspecified atom stereocenters. The Morgan fingerprint density at radius 3 is 2.68 bits per heavy atom. The number of H-pyrrole nitrogens is 1. The molecule has 3 rings (SSSR count). The monoisotopic (exact) mass is 314 g/mol. The average molecular weight is 314 g/mol. The summed E-state index contributed by atoms with van der Waals surface area (Å²) in [4.78, 5) is 0. The van der Waals surface area contributed by atoms with Crippen molar-refractivity contribution in [2.24, 2.45) is 5.10 Å². The molecule has 0 fully saturated rings. The van der Waals surface area contributed by atoms with Gasteiger partial charge in [0.25, 0.3) is 0 Å². The summed E-state index contributed by atoms with van der Waals surface area (Å²) in [6.45, 7) is 0. The lowest BCUT2D eigenvalue weighted by atomic mass is 10.2. The highest BCUT2D eigenvalue weighted by atomic mass is 32.1. The second-order valence-corrected chi connectivity index (χ2v) is 4.83. The maximum absolute atomic E-state index is 13.9. The fourth-order valence-corrected chi connectivity index (χ4v) is 2.11. The highest BCUT2D eigenvalue weighted by Crippen LogP contribution is 2.21. The van der Waals surface area contributed by atoms with Gasteiger partial charge in [-0.3, -0.25) is 0 Å². The van der Waals surface area contributed by atoms with Crippen LogP contribution in [-0.2, 0) is 0 Å². The SMILES string of the molecule is Oc1ccccc1/C=N/n1c(-c2ccccc2F)n[nH]c1=S. The van der Waals surface area contributed by atoms with Gasteiger partial charge < -0.3 is 5.11 Å². The van der Waals surface area contributed by atoms with Crippen molar-refractivity contribution in [1.29, 1.82) is 0 Å². The van der Waals surface area contributed by atoms with Gasteiger partial charge in [0.2, 0.25) is 4.77 Å². The van der Waals surface area contributed by atoms with E-state index in [1.165, 1.54) is 17.0 Å². The normalized spacial score (nSPS) is 11.1. The van der Waals surface area contributed by atoms with Crippen molar-refractivity contribution in [3.63, 3.8) is 0 Å². The molecule has 0 amide bonds. The summed E-state index contributed by atoms with van der Waals surface area (Å²) in [5.74, 6) is -0.0704. The number of aromatic nitrogens is 3. The molecule has 1 heterocycles. The Bertz CT molecular complexity index is 900. The van der Waals surface area contributed by atoms with Crippen LogP contribution in [0.4, 0.5) is 4.39 Å². The Morgan fingerprint density at radius 1 is 1.18 bits per heavy atom. The van der Waals surface area contributed by atoms with E-state index in [0.29, 0.717) is 5.56 Å². The van der Waals surface area contributed by atoms with E-state index in [0.717, 1.165) is 0 Å². The second kappa shape index (κ2) is 5.90. The molecule has 7 heteroatoms. The molecule has 0 aliphatic rings. The van der Waals surface area contributed by atoms with Crippen LogP contribution in [0.15, 0.2) is 53.6 Å². The van der Waals surface area contributed by atoms with Crippen LogP contribution in [0.2, 0.25) is 0 Å². The summed E-state index contributed by atoms with van der Waals surface area (Å²) in [5.41, 5.74) is 0.800. The van der Waals surface area contributed by atoms with Gasteiger partial charge in [0.15, 0.2) is 5.82 Å². The summed E-state index contributed by atoms with van der Waals surface area (Å²) in [6.07, 6.45) is 1.44. The van der Waals surface area contributed by atoms with Gasteiger partial charge in [0.05, 0.1) is 11.8 Å². The summed E-state index contributed by atoms with van der Waals surface area (Å²) in [5, 5.41) is 20.5. The zero-order valence-electron chi connectivity index (χ0n) is 11.3. The molecule has 0 spiro atoms. The third-order valence-corrected chi connectivity index (χ3v) is 3.28. The van der Waals surface area contributed by atoms with Crippen LogP contribution < -0.4 is 0 Å². The summed E-state index contributed by atoms with van der Waals surface area (Å²) in [7, 11) is 0. The molecule has 0 atom stereocenters. The number of phenols is 1. The molecule has 0 bridgehead atoms. The van der Waals surface area contributed by atoms with Crippen molar-refractivity contribution >= 4 is 18.4 Å². The number of para-hydroxylation sites is 1. The number of nitrogens with one attached hydrogen (secondary N) is 1. The van der Waals surface area contributed by atoms with Crippen LogP contribution in [0, 0.1) is 10.6 Å². The van der Waals surface area contributed by atoms with Crippen molar-refractivity contribution in [2.75, 3.05) is 0 Å². The topological polar surface area (TPSA) is 66.2 Å². The summed E-state index contributed by atoms with van der Waals surface area (Å²) < 4.78 is 15.4. The van der Waals surface area contributed by atoms with Gasteiger partial charge in [0, 0.05) is 5.56 Å². The first-order chi connectivity index (χ1) is 10.7. The molecule has 2 N–H and O–H groups in total. The molecule has 0 aliphatic heterocycles. The molecule has 2 aromatic carbocycles. The minimum absolute atomic E-state index is 0.0914. The van der Waals surface area contributed by atoms with Gasteiger partial charge in [-0.25, -0.2) is 9.49 Å². The molecule has 0 saturated heterocycles. The Kier molecular flexibility index (Phi) is 3.80. The van der Waals surface area contributed by atoms with E-state index in [9.17, 15) is 9.50 Å². The van der Waals surface area contributed by atoms with Gasteiger partial charge in [-0.15, -0.1) is 0 Å². The lowest BCUT2D eigenvalue weighted by Gasteiger charge is -2.02. The van der Waals surface area contributed by atoms with Gasteiger partial charge in [-0.05, 0) is 36.5 Å². The first-order valence-electron chi connectivity index (χ1n) is 6.41. The minimum Gasteiger partial charge on any atom is -0.507 e. The lowest BCUT2D eigenvalue weighted by Crippen LogP contribution is -1.96. The van der Waals surface area contributed by atoms with E-state index in [1.54, 1.807) is 42.5 Å². The van der Waals surface area contributed by atoms with Crippen molar-refractivity contribution in [3.05, 3.63) is 64.7 Å². The average Bonchev–Trinajstić information content (AvgIpc) is 2.88. The molecule has 0 aliphatic carbocycles. The van der Waals surface area contributed by atoms with Gasteiger partial charge >= 0.3 is 0 Å². The van der Waals surface area contributed by atoms with Crippen molar-refractivity contribution in [3.8, 4) is 17.1 Å². The van der Waals surface area contributed by atoms with Crippen LogP contribution in [0.25, 0.3) is 11.4 Å². The molecule has 1 aromatic heterocycles. The number of benzene rings is 2. The Hall–Kier alpha value is -2.80. The lowest BCUT2D eigenvalue weighted by molar-refractivity contribution is 0.474. The number of aromatic hydroxyl groups is 1. The van der Waals surface area contributed by atoms with Crippen molar-refractivity contribution < 1.29 is 9.50 Å². The zero-order valence-corrected chi connectivity index (χ0v) is 12.1. The van der Waals surface area contributed by atoms with Crippen LogP contribution in [0.1, 0.15) is 5.56 Å². The molecule has 110 valence electrons. The Morgan fingerprint density at radius 2 is 1.91 bits per heavy atom. The number of hydrogen-bond donors (Lipinski definition) is 2. The van der Waals surface area contributed by atoms with E-state index < -0.39 is 5.82 Å². The van der Waals surface area contributed by atoms with Crippen molar-refractivity contribution in [1.82, 2.24) is 14.9 Å². The maximum Gasteiger partial charge on any atom is 0.216 e. The zero-order chi connectivity index (χ0) is 15.5. The first-order valence-corrected chi connectivity index (χ1v) is 6.82. The number of nitrogens with zero attached hydrogens (tertiary/aromatic N) is 3. The van der Waals surface area contributed by atoms with E-state index in [1.807, 2.05) is 0 Å². The van der Waals surface area contributed by atoms with E-state index in [-0.39, 0.29) is 21.9 Å². The van der Waals surface area contributed by atoms with E-state index in [4.69, 9.17) is 12.2 Å². The summed E-state index contributed by atoms with van der Waals surface area (Å²) in [6, 6.07) is 13.0. The number of halogens is 1. The van der Waals surface area contributed by atoms with E-state index in [2.05, 4.69) is 15.3 Å². The molecular formula is C15H11FN4OS. The number of hydrogen-bond acceptors (Lipinski definition) is 4. The smallest absolute Gasteiger partial charge is 0.216 e. The predicted molar refractivity (Wildman–Crippen MR) is 83.9 cm³/mol. The van der Waals surface area contributed by atoms with Gasteiger partial charge in [-0.1, -0.05) is 24.3 Å². The highest BCUT2D eigenvalue weighted by Gasteiger charge is 2.12. The minimum atomic E-state index is -0.421. The fourth-order valence-electron chi connectivity index (χ4n) is 1.93. The number of aromatic amines is 1. The van der Waals surface area contributed by atoms with Gasteiger partial charge in [-0.2, -0.15) is 14.9 Å². The van der Waals surface area contributed by atoms with Crippen LogP contribution >= 0.6 is 12.2 Å². The number of rotatable bonds is 3. The summed E-state index contributed by atoms with van der Waals surface area (Å²) >= 11 is 5.11. The first kappa shape index (κ1) is 14.2. The molecule has 22 heavy (non-hydrogen) atoms. The molecular weight excluding hydrogens is 303 g/mol. The van der Waals surface area contributed by atoms with Crippen molar-refractivity contribution in [2.45, 2.75) is 0 Å². The standard InChI is InChI=1S/C15H11FN4OS/c16-12-7-3-2-6-11(12)14-18-19-15(22)20(14)17-9-10-5-1-4-8-13(10)21/h1-9,21H,(H,19,22)/b17-9+. The molecule has 5 nitrogen and oxygen atoms in total. The van der Waals surface area contributed by atoms with Gasteiger partial charge in [0.1, 0.15) is 11.6 Å². The second-order valence-electron chi connectivity index (χ2n) is 4.45. The fraction of sp³-hybridized carbons (Fsp3) is 0. The molecule has 0 radical (unpaired) electrons. The Labute approximate surface area is 130 Å². The number of phenolic OH excluding ortho intramolecular Hbond substituents is 1.